The molecule has 0 saturated carbocycles. The van der Waals surface area contributed by atoms with E-state index in [1.807, 2.05) is 0 Å². The highest BCUT2D eigenvalue weighted by molar-refractivity contribution is 7.98. The minimum Gasteiger partial charge on any atom is -0.463 e. The van der Waals surface area contributed by atoms with Gasteiger partial charge in [-0.25, -0.2) is 9.78 Å². The molecule has 152 valence electrons. The lowest BCUT2D eigenvalue weighted by atomic mass is 9.89. The molecule has 2 aromatic heterocycles. The molecule has 4 rings (SSSR count). The number of pyridine rings is 1. The van der Waals surface area contributed by atoms with E-state index in [-0.39, 0.29) is 5.76 Å². The Kier molecular flexibility index (Phi) is 6.07. The van der Waals surface area contributed by atoms with E-state index in [1.54, 1.807) is 12.1 Å². The smallest absolute Gasteiger partial charge is 0.373 e. The van der Waals surface area contributed by atoms with Crippen molar-refractivity contribution in [3.8, 4) is 6.07 Å². The lowest BCUT2D eigenvalue weighted by molar-refractivity contribution is -0.414. The molecule has 1 saturated heterocycles. The molecule has 0 spiro atoms. The molecule has 0 unspecified atom stereocenters. The topological polar surface area (TPSA) is 89.8 Å². The van der Waals surface area contributed by atoms with E-state index in [0.29, 0.717) is 24.7 Å². The molecule has 0 bridgehead atoms. The van der Waals surface area contributed by atoms with E-state index in [9.17, 15) is 10.1 Å². The number of methoxy groups -OCH3 is 1. The number of ether oxygens (including phenoxy) is 2. The van der Waals surface area contributed by atoms with Crippen LogP contribution in [-0.4, -0.2) is 39.4 Å². The maximum Gasteiger partial charge on any atom is 0.373 e. The summed E-state index contributed by atoms with van der Waals surface area (Å²) in [5.41, 5.74) is 3.20. The highest BCUT2D eigenvalue weighted by atomic mass is 32.2. The summed E-state index contributed by atoms with van der Waals surface area (Å²) in [6.45, 7) is 3.13. The van der Waals surface area contributed by atoms with Gasteiger partial charge >= 0.3 is 5.97 Å². The number of nitrogens with zero attached hydrogens (tertiary/aromatic N) is 2. The average Bonchev–Trinajstić information content (AvgIpc) is 3.26. The molecule has 1 N–H and O–H groups in total. The SMILES string of the molecule is COC(=O)c1ccc(CSc2[nH+]c(N3CCOCC3)c3c(c2C#N)CCCC3)o1. The van der Waals surface area contributed by atoms with E-state index >= 15 is 0 Å². The molecule has 1 aliphatic heterocycles. The molecule has 0 radical (unpaired) electrons. The van der Waals surface area contributed by atoms with Crippen molar-refractivity contribution in [2.75, 3.05) is 38.3 Å². The Balaban J connectivity index is 1.64. The first-order valence-electron chi connectivity index (χ1n) is 9.85. The van der Waals surface area contributed by atoms with Gasteiger partial charge in [-0.05, 0) is 43.4 Å². The number of morpholine rings is 1. The van der Waals surface area contributed by atoms with Crippen LogP contribution in [-0.2, 0) is 28.1 Å². The number of hydrogen-bond acceptors (Lipinski definition) is 7. The first-order chi connectivity index (χ1) is 14.2. The Hall–Kier alpha value is -2.50. The van der Waals surface area contributed by atoms with Crippen LogP contribution in [0, 0.1) is 11.3 Å². The van der Waals surface area contributed by atoms with Crippen molar-refractivity contribution < 1.29 is 23.7 Å². The first kappa shape index (κ1) is 19.8. The second-order valence-corrected chi connectivity index (χ2v) is 8.08. The highest BCUT2D eigenvalue weighted by Crippen LogP contribution is 2.35. The van der Waals surface area contributed by atoms with Gasteiger partial charge in [-0.1, -0.05) is 11.8 Å². The van der Waals surface area contributed by atoms with Gasteiger partial charge in [0, 0.05) is 5.56 Å². The van der Waals surface area contributed by atoms with Gasteiger partial charge in [-0.15, -0.1) is 0 Å². The normalized spacial score (nSPS) is 16.2. The van der Waals surface area contributed by atoms with Gasteiger partial charge in [0.25, 0.3) is 5.82 Å². The molecule has 7 nitrogen and oxygen atoms in total. The quantitative estimate of drug-likeness (QED) is 0.549. The van der Waals surface area contributed by atoms with Crippen LogP contribution in [0.4, 0.5) is 5.82 Å². The predicted molar refractivity (Wildman–Crippen MR) is 107 cm³/mol. The van der Waals surface area contributed by atoms with Gasteiger partial charge in [-0.2, -0.15) is 5.26 Å². The number of anilines is 1. The fourth-order valence-electron chi connectivity index (χ4n) is 3.92. The number of rotatable bonds is 5. The first-order valence-corrected chi connectivity index (χ1v) is 10.8. The van der Waals surface area contributed by atoms with Crippen molar-refractivity contribution in [2.45, 2.75) is 36.5 Å². The number of aromatic amines is 1. The molecule has 0 amide bonds. The lowest BCUT2D eigenvalue weighted by Crippen LogP contribution is -2.41. The second kappa shape index (κ2) is 8.89. The summed E-state index contributed by atoms with van der Waals surface area (Å²) in [4.78, 5) is 17.5. The Labute approximate surface area is 174 Å². The van der Waals surface area contributed by atoms with Crippen molar-refractivity contribution >= 4 is 23.5 Å². The van der Waals surface area contributed by atoms with Gasteiger partial charge in [0.05, 0.1) is 26.1 Å². The summed E-state index contributed by atoms with van der Waals surface area (Å²) in [6.07, 6.45) is 4.20. The van der Waals surface area contributed by atoms with Crippen LogP contribution in [0.5, 0.6) is 0 Å². The largest absolute Gasteiger partial charge is 0.463 e. The van der Waals surface area contributed by atoms with Gasteiger partial charge in [0.1, 0.15) is 30.5 Å². The van der Waals surface area contributed by atoms with Crippen molar-refractivity contribution in [1.82, 2.24) is 0 Å². The van der Waals surface area contributed by atoms with Gasteiger partial charge in [0.2, 0.25) is 5.76 Å². The van der Waals surface area contributed by atoms with Gasteiger partial charge in [-0.3, -0.25) is 4.90 Å². The average molecular weight is 415 g/mol. The molecular weight excluding hydrogens is 390 g/mol. The monoisotopic (exact) mass is 414 g/mol. The molecule has 1 aliphatic carbocycles. The molecule has 3 heterocycles. The maximum absolute atomic E-state index is 11.6. The number of thioether (sulfide) groups is 1. The molecular formula is C21H24N3O4S+. The molecule has 29 heavy (non-hydrogen) atoms. The molecule has 0 atom stereocenters. The number of nitrogens with one attached hydrogen (secondary N) is 1. The van der Waals surface area contributed by atoms with E-state index in [4.69, 9.17) is 9.15 Å². The number of H-pyrrole nitrogens is 1. The van der Waals surface area contributed by atoms with Crippen molar-refractivity contribution in [3.05, 3.63) is 40.3 Å². The number of furan rings is 1. The highest BCUT2D eigenvalue weighted by Gasteiger charge is 2.31. The number of carbonyl (C=O) groups excluding carboxylic acids is 1. The maximum atomic E-state index is 11.6. The molecule has 8 heteroatoms. The van der Waals surface area contributed by atoms with Crippen LogP contribution >= 0.6 is 11.8 Å². The third-order valence-corrected chi connectivity index (χ3v) is 6.38. The van der Waals surface area contributed by atoms with Gasteiger partial charge < -0.3 is 13.9 Å². The zero-order chi connectivity index (χ0) is 20.2. The van der Waals surface area contributed by atoms with E-state index in [1.165, 1.54) is 30.0 Å². The number of hydrogen-bond donors (Lipinski definition) is 0. The molecule has 0 aromatic carbocycles. The summed E-state index contributed by atoms with van der Waals surface area (Å²) in [5, 5.41) is 10.7. The standard InChI is InChI=1S/C21H23N3O4S/c1-26-21(25)18-7-6-14(28-18)13-29-20-17(12-22)15-4-2-3-5-16(15)19(23-20)24-8-10-27-11-9-24/h6-7H,2-5,8-11,13H2,1H3/p+1. The molecule has 1 fully saturated rings. The zero-order valence-corrected chi connectivity index (χ0v) is 17.3. The van der Waals surface area contributed by atoms with Crippen LogP contribution in [0.15, 0.2) is 21.6 Å². The van der Waals surface area contributed by atoms with Crippen molar-refractivity contribution in [2.24, 2.45) is 0 Å². The van der Waals surface area contributed by atoms with Crippen LogP contribution in [0.2, 0.25) is 0 Å². The van der Waals surface area contributed by atoms with Crippen LogP contribution in [0.25, 0.3) is 0 Å². The van der Waals surface area contributed by atoms with Gasteiger partial charge in [0.15, 0.2) is 5.03 Å². The summed E-state index contributed by atoms with van der Waals surface area (Å²) in [5.74, 6) is 2.00. The number of carbonyl (C=O) groups is 1. The van der Waals surface area contributed by atoms with Crippen molar-refractivity contribution in [1.29, 1.82) is 5.26 Å². The fraction of sp³-hybridized carbons (Fsp3) is 0.476. The number of aromatic nitrogens is 1. The van der Waals surface area contributed by atoms with E-state index < -0.39 is 5.97 Å². The Morgan fingerprint density at radius 1 is 1.28 bits per heavy atom. The third kappa shape index (κ3) is 4.11. The minimum absolute atomic E-state index is 0.187. The number of nitriles is 1. The van der Waals surface area contributed by atoms with Crippen LogP contribution in [0.3, 0.4) is 0 Å². The van der Waals surface area contributed by atoms with Crippen LogP contribution in [0.1, 0.15) is 45.8 Å². The Morgan fingerprint density at radius 3 is 2.76 bits per heavy atom. The third-order valence-electron chi connectivity index (χ3n) is 5.36. The second-order valence-electron chi connectivity index (χ2n) is 7.10. The summed E-state index contributed by atoms with van der Waals surface area (Å²) < 4.78 is 15.8. The van der Waals surface area contributed by atoms with Crippen LogP contribution < -0.4 is 9.88 Å². The Bertz CT molecular complexity index is 944. The zero-order valence-electron chi connectivity index (χ0n) is 16.5. The lowest BCUT2D eigenvalue weighted by Gasteiger charge is -2.26. The fourth-order valence-corrected chi connectivity index (χ4v) is 4.84. The van der Waals surface area contributed by atoms with E-state index in [2.05, 4.69) is 20.7 Å². The minimum atomic E-state index is -0.492. The number of fused-ring (bicyclic) bond motifs is 1. The number of esters is 1. The van der Waals surface area contributed by atoms with E-state index in [0.717, 1.165) is 55.2 Å². The molecule has 2 aliphatic rings. The predicted octanol–water partition coefficient (Wildman–Crippen LogP) is 2.76. The summed E-state index contributed by atoms with van der Waals surface area (Å²) >= 11 is 1.53. The van der Waals surface area contributed by atoms with Crippen molar-refractivity contribution in [3.63, 3.8) is 0 Å². The summed E-state index contributed by atoms with van der Waals surface area (Å²) in [7, 11) is 1.33. The Morgan fingerprint density at radius 2 is 2.03 bits per heavy atom. The summed E-state index contributed by atoms with van der Waals surface area (Å²) in [6, 6.07) is 5.81. The molecule has 2 aromatic rings.